The van der Waals surface area contributed by atoms with Gasteiger partial charge >= 0.3 is 0 Å². The lowest BCUT2D eigenvalue weighted by atomic mass is 10.2. The van der Waals surface area contributed by atoms with Crippen LogP contribution in [0, 0.1) is 11.6 Å². The second-order valence-corrected chi connectivity index (χ2v) is 4.61. The standard InChI is InChI=1S/C13H7Cl2F2NO/c14-8-3-7(4-9(15)5-8)13(19)18-10-1-2-11(16)12(17)6-10/h1-6H,(H,18,19). The van der Waals surface area contributed by atoms with Crippen LogP contribution in [0.4, 0.5) is 14.5 Å². The van der Waals surface area contributed by atoms with Crippen molar-refractivity contribution in [2.45, 2.75) is 0 Å². The van der Waals surface area contributed by atoms with E-state index in [2.05, 4.69) is 5.32 Å². The molecular weight excluding hydrogens is 295 g/mol. The first kappa shape index (κ1) is 13.8. The van der Waals surface area contributed by atoms with Crippen molar-refractivity contribution >= 4 is 34.8 Å². The predicted molar refractivity (Wildman–Crippen MR) is 70.8 cm³/mol. The summed E-state index contributed by atoms with van der Waals surface area (Å²) in [5.41, 5.74) is 0.363. The molecule has 2 rings (SSSR count). The number of carbonyl (C=O) groups excluding carboxylic acids is 1. The maximum absolute atomic E-state index is 13.0. The number of hydrogen-bond donors (Lipinski definition) is 1. The van der Waals surface area contributed by atoms with Gasteiger partial charge in [0.15, 0.2) is 11.6 Å². The largest absolute Gasteiger partial charge is 0.322 e. The van der Waals surface area contributed by atoms with Crippen LogP contribution >= 0.6 is 23.2 Å². The highest BCUT2D eigenvalue weighted by Gasteiger charge is 2.10. The predicted octanol–water partition coefficient (Wildman–Crippen LogP) is 4.52. The van der Waals surface area contributed by atoms with E-state index in [0.29, 0.717) is 10.0 Å². The lowest BCUT2D eigenvalue weighted by Crippen LogP contribution is -2.12. The molecule has 1 amide bonds. The van der Waals surface area contributed by atoms with Gasteiger partial charge in [0.05, 0.1) is 0 Å². The summed E-state index contributed by atoms with van der Waals surface area (Å²) in [7, 11) is 0. The van der Waals surface area contributed by atoms with Crippen LogP contribution in [0.5, 0.6) is 0 Å². The molecule has 2 aromatic carbocycles. The van der Waals surface area contributed by atoms with Crippen molar-refractivity contribution < 1.29 is 13.6 Å². The molecule has 0 saturated heterocycles. The molecule has 0 aromatic heterocycles. The zero-order valence-electron chi connectivity index (χ0n) is 9.38. The van der Waals surface area contributed by atoms with Gasteiger partial charge in [-0.2, -0.15) is 0 Å². The second-order valence-electron chi connectivity index (χ2n) is 3.74. The van der Waals surface area contributed by atoms with Gasteiger partial charge < -0.3 is 5.32 Å². The van der Waals surface area contributed by atoms with Gasteiger partial charge in [0.2, 0.25) is 0 Å². The third kappa shape index (κ3) is 3.43. The number of amides is 1. The maximum Gasteiger partial charge on any atom is 0.255 e. The Morgan fingerprint density at radius 2 is 1.58 bits per heavy atom. The number of carbonyl (C=O) groups is 1. The van der Waals surface area contributed by atoms with E-state index in [1.165, 1.54) is 24.3 Å². The highest BCUT2D eigenvalue weighted by atomic mass is 35.5. The summed E-state index contributed by atoms with van der Waals surface area (Å²) in [6, 6.07) is 7.39. The van der Waals surface area contributed by atoms with E-state index in [1.54, 1.807) is 0 Å². The van der Waals surface area contributed by atoms with Crippen molar-refractivity contribution in [1.29, 1.82) is 0 Å². The Morgan fingerprint density at radius 1 is 0.947 bits per heavy atom. The normalized spacial score (nSPS) is 10.3. The zero-order chi connectivity index (χ0) is 14.0. The van der Waals surface area contributed by atoms with Crippen LogP contribution in [0.15, 0.2) is 36.4 Å². The average molecular weight is 302 g/mol. The van der Waals surface area contributed by atoms with Crippen LogP contribution in [0.3, 0.4) is 0 Å². The summed E-state index contributed by atoms with van der Waals surface area (Å²) in [4.78, 5) is 11.9. The molecule has 2 aromatic rings. The third-order valence-corrected chi connectivity index (χ3v) is 2.74. The second kappa shape index (κ2) is 5.55. The van der Waals surface area contributed by atoms with Gasteiger partial charge in [0, 0.05) is 27.4 Å². The van der Waals surface area contributed by atoms with E-state index in [1.807, 2.05) is 0 Å². The van der Waals surface area contributed by atoms with E-state index in [9.17, 15) is 13.6 Å². The summed E-state index contributed by atoms with van der Waals surface area (Å²) in [5.74, 6) is -2.54. The van der Waals surface area contributed by atoms with Crippen molar-refractivity contribution in [3.63, 3.8) is 0 Å². The molecule has 0 fully saturated rings. The van der Waals surface area contributed by atoms with E-state index in [0.717, 1.165) is 12.1 Å². The van der Waals surface area contributed by atoms with Gasteiger partial charge in [-0.15, -0.1) is 0 Å². The Morgan fingerprint density at radius 3 is 2.16 bits per heavy atom. The van der Waals surface area contributed by atoms with Gasteiger partial charge in [-0.3, -0.25) is 4.79 Å². The Bertz CT molecular complexity index is 626. The molecule has 0 bridgehead atoms. The molecule has 98 valence electrons. The van der Waals surface area contributed by atoms with Crippen LogP contribution in [0.25, 0.3) is 0 Å². The summed E-state index contributed by atoms with van der Waals surface area (Å²) in [6.45, 7) is 0. The highest BCUT2D eigenvalue weighted by molar-refractivity contribution is 6.35. The molecule has 0 spiro atoms. The van der Waals surface area contributed by atoms with Gasteiger partial charge in [0.1, 0.15) is 0 Å². The van der Waals surface area contributed by atoms with E-state index in [-0.39, 0.29) is 11.3 Å². The van der Waals surface area contributed by atoms with Crippen molar-refractivity contribution in [1.82, 2.24) is 0 Å². The molecule has 6 heteroatoms. The molecule has 0 radical (unpaired) electrons. The summed E-state index contributed by atoms with van der Waals surface area (Å²) in [6.07, 6.45) is 0. The smallest absolute Gasteiger partial charge is 0.255 e. The number of anilines is 1. The van der Waals surface area contributed by atoms with Crippen molar-refractivity contribution in [2.24, 2.45) is 0 Å². The van der Waals surface area contributed by atoms with E-state index >= 15 is 0 Å². The molecule has 0 aliphatic carbocycles. The molecule has 2 nitrogen and oxygen atoms in total. The Balaban J connectivity index is 2.22. The minimum atomic E-state index is -1.04. The number of rotatable bonds is 2. The molecule has 1 N–H and O–H groups in total. The Labute approximate surface area is 118 Å². The molecule has 19 heavy (non-hydrogen) atoms. The van der Waals surface area contributed by atoms with Crippen molar-refractivity contribution in [2.75, 3.05) is 5.32 Å². The maximum atomic E-state index is 13.0. The monoisotopic (exact) mass is 301 g/mol. The molecule has 0 unspecified atom stereocenters. The van der Waals surface area contributed by atoms with Gasteiger partial charge in [-0.25, -0.2) is 8.78 Å². The van der Waals surface area contributed by atoms with E-state index < -0.39 is 17.5 Å². The fourth-order valence-corrected chi connectivity index (χ4v) is 1.99. The SMILES string of the molecule is O=C(Nc1ccc(F)c(F)c1)c1cc(Cl)cc(Cl)c1. The third-order valence-electron chi connectivity index (χ3n) is 2.30. The summed E-state index contributed by atoms with van der Waals surface area (Å²) >= 11 is 11.5. The average Bonchev–Trinajstić information content (AvgIpc) is 2.32. The molecule has 0 atom stereocenters. The van der Waals surface area contributed by atoms with Gasteiger partial charge in [0.25, 0.3) is 5.91 Å². The molecule has 0 saturated carbocycles. The van der Waals surface area contributed by atoms with Crippen LogP contribution < -0.4 is 5.32 Å². The summed E-state index contributed by atoms with van der Waals surface area (Å²) in [5, 5.41) is 3.03. The number of benzene rings is 2. The first-order valence-corrected chi connectivity index (χ1v) is 5.94. The highest BCUT2D eigenvalue weighted by Crippen LogP contribution is 2.20. The number of nitrogens with one attached hydrogen (secondary N) is 1. The first-order valence-electron chi connectivity index (χ1n) is 5.18. The van der Waals surface area contributed by atoms with Gasteiger partial charge in [-0.05, 0) is 30.3 Å². The molecule has 0 heterocycles. The Hall–Kier alpha value is -1.65. The Kier molecular flexibility index (Phi) is 4.02. The quantitative estimate of drug-likeness (QED) is 0.868. The van der Waals surface area contributed by atoms with Crippen LogP contribution in [-0.4, -0.2) is 5.91 Å². The molecular formula is C13H7Cl2F2NO. The zero-order valence-corrected chi connectivity index (χ0v) is 10.9. The number of halogens is 4. The van der Waals surface area contributed by atoms with Crippen LogP contribution in [-0.2, 0) is 0 Å². The van der Waals surface area contributed by atoms with Crippen LogP contribution in [0.1, 0.15) is 10.4 Å². The number of hydrogen-bond acceptors (Lipinski definition) is 1. The molecule has 0 aliphatic rings. The first-order chi connectivity index (χ1) is 8.95. The van der Waals surface area contributed by atoms with Crippen molar-refractivity contribution in [3.8, 4) is 0 Å². The lowest BCUT2D eigenvalue weighted by Gasteiger charge is -2.06. The summed E-state index contributed by atoms with van der Waals surface area (Å²) < 4.78 is 25.7. The molecule has 0 aliphatic heterocycles. The van der Waals surface area contributed by atoms with E-state index in [4.69, 9.17) is 23.2 Å². The van der Waals surface area contributed by atoms with Gasteiger partial charge in [-0.1, -0.05) is 23.2 Å². The lowest BCUT2D eigenvalue weighted by molar-refractivity contribution is 0.102. The minimum Gasteiger partial charge on any atom is -0.322 e. The fraction of sp³-hybridized carbons (Fsp3) is 0. The topological polar surface area (TPSA) is 29.1 Å². The minimum absolute atomic E-state index is 0.139. The van der Waals surface area contributed by atoms with Crippen LogP contribution in [0.2, 0.25) is 10.0 Å². The van der Waals surface area contributed by atoms with Crippen molar-refractivity contribution in [3.05, 3.63) is 63.6 Å². The fourth-order valence-electron chi connectivity index (χ4n) is 1.46.